The third kappa shape index (κ3) is 5.29. The zero-order valence-corrected chi connectivity index (χ0v) is 14.5. The van der Waals surface area contributed by atoms with E-state index in [1.54, 1.807) is 30.3 Å². The highest BCUT2D eigenvalue weighted by Gasteiger charge is 2.06. The number of carbonyl (C=O) groups excluding carboxylic acids is 1. The van der Waals surface area contributed by atoms with Crippen molar-refractivity contribution in [3.05, 3.63) is 62.1 Å². The molecule has 120 valence electrons. The lowest BCUT2D eigenvalue weighted by molar-refractivity contribution is -0.123. The SMILES string of the molecule is O=C(COc1ccc(Cl)cc1Cl)NN=Cc1c(Cl)cccc1Cl. The Morgan fingerprint density at radius 3 is 2.43 bits per heavy atom. The standard InChI is InChI=1S/C15H10Cl4N2O2/c16-9-4-5-14(13(19)6-9)23-8-15(22)21-20-7-10-11(17)2-1-3-12(10)18/h1-7H,8H2,(H,21,22). The van der Waals surface area contributed by atoms with Gasteiger partial charge in [-0.1, -0.05) is 52.5 Å². The highest BCUT2D eigenvalue weighted by Crippen LogP contribution is 2.27. The van der Waals surface area contributed by atoms with Gasteiger partial charge in [0, 0.05) is 10.6 Å². The van der Waals surface area contributed by atoms with Crippen LogP contribution in [-0.2, 0) is 4.79 Å². The first-order valence-electron chi connectivity index (χ1n) is 6.31. The third-order valence-electron chi connectivity index (χ3n) is 2.64. The minimum Gasteiger partial charge on any atom is -0.482 e. The Balaban J connectivity index is 1.89. The fraction of sp³-hybridized carbons (Fsp3) is 0.0667. The summed E-state index contributed by atoms with van der Waals surface area (Å²) in [5.41, 5.74) is 2.82. The molecule has 0 spiro atoms. The van der Waals surface area contributed by atoms with Gasteiger partial charge in [0.25, 0.3) is 5.91 Å². The molecule has 23 heavy (non-hydrogen) atoms. The number of hydrogen-bond acceptors (Lipinski definition) is 3. The molecule has 0 bridgehead atoms. The normalized spacial score (nSPS) is 10.8. The Morgan fingerprint density at radius 2 is 1.78 bits per heavy atom. The third-order valence-corrected chi connectivity index (χ3v) is 3.82. The summed E-state index contributed by atoms with van der Waals surface area (Å²) >= 11 is 23.7. The summed E-state index contributed by atoms with van der Waals surface area (Å²) in [7, 11) is 0. The van der Waals surface area contributed by atoms with Crippen LogP contribution >= 0.6 is 46.4 Å². The van der Waals surface area contributed by atoms with Crippen LogP contribution in [0, 0.1) is 0 Å². The molecule has 0 atom stereocenters. The number of ether oxygens (including phenoxy) is 1. The van der Waals surface area contributed by atoms with Crippen molar-refractivity contribution in [3.63, 3.8) is 0 Å². The summed E-state index contributed by atoms with van der Waals surface area (Å²) in [6.45, 7) is -0.255. The fourth-order valence-electron chi connectivity index (χ4n) is 1.57. The predicted octanol–water partition coefficient (Wildman–Crippen LogP) is 4.83. The topological polar surface area (TPSA) is 50.7 Å². The summed E-state index contributed by atoms with van der Waals surface area (Å²) in [4.78, 5) is 11.7. The van der Waals surface area contributed by atoms with E-state index in [-0.39, 0.29) is 6.61 Å². The van der Waals surface area contributed by atoms with Gasteiger partial charge in [-0.25, -0.2) is 5.43 Å². The van der Waals surface area contributed by atoms with Gasteiger partial charge in [-0.05, 0) is 30.3 Å². The van der Waals surface area contributed by atoms with Crippen molar-refractivity contribution in [2.75, 3.05) is 6.61 Å². The van der Waals surface area contributed by atoms with Crippen LogP contribution in [0.5, 0.6) is 5.75 Å². The molecule has 0 aliphatic rings. The predicted molar refractivity (Wildman–Crippen MR) is 94.2 cm³/mol. The minimum absolute atomic E-state index is 0.255. The average molecular weight is 392 g/mol. The van der Waals surface area contributed by atoms with E-state index in [1.165, 1.54) is 12.3 Å². The molecule has 0 aliphatic heterocycles. The average Bonchev–Trinajstić information content (AvgIpc) is 2.49. The molecule has 0 radical (unpaired) electrons. The van der Waals surface area contributed by atoms with Gasteiger partial charge in [-0.3, -0.25) is 4.79 Å². The van der Waals surface area contributed by atoms with E-state index < -0.39 is 5.91 Å². The molecule has 0 unspecified atom stereocenters. The molecule has 0 heterocycles. The maximum atomic E-state index is 11.7. The summed E-state index contributed by atoms with van der Waals surface area (Å²) in [6, 6.07) is 9.76. The molecule has 1 N–H and O–H groups in total. The quantitative estimate of drug-likeness (QED) is 0.586. The summed E-state index contributed by atoms with van der Waals surface area (Å²) in [5, 5.41) is 5.44. The first-order valence-corrected chi connectivity index (χ1v) is 7.82. The Kier molecular flexibility index (Phi) is 6.54. The van der Waals surface area contributed by atoms with Gasteiger partial charge in [-0.15, -0.1) is 0 Å². The van der Waals surface area contributed by atoms with E-state index in [4.69, 9.17) is 51.1 Å². The van der Waals surface area contributed by atoms with E-state index in [9.17, 15) is 4.79 Å². The number of amides is 1. The molecule has 8 heteroatoms. The lowest BCUT2D eigenvalue weighted by Gasteiger charge is -2.07. The van der Waals surface area contributed by atoms with Gasteiger partial charge in [0.1, 0.15) is 5.75 Å². The van der Waals surface area contributed by atoms with Gasteiger partial charge >= 0.3 is 0 Å². The zero-order chi connectivity index (χ0) is 16.8. The van der Waals surface area contributed by atoms with Crippen LogP contribution in [0.15, 0.2) is 41.5 Å². The van der Waals surface area contributed by atoms with Crippen LogP contribution in [0.3, 0.4) is 0 Å². The second-order valence-corrected chi connectivity index (χ2v) is 5.95. The number of hydrogen-bond donors (Lipinski definition) is 1. The molecule has 0 saturated carbocycles. The van der Waals surface area contributed by atoms with Gasteiger partial charge in [0.15, 0.2) is 6.61 Å². The molecular formula is C15H10Cl4N2O2. The Labute approximate surface area is 152 Å². The van der Waals surface area contributed by atoms with Crippen LogP contribution in [0.1, 0.15) is 5.56 Å². The van der Waals surface area contributed by atoms with E-state index in [1.807, 2.05) is 0 Å². The van der Waals surface area contributed by atoms with E-state index in [0.29, 0.717) is 31.4 Å². The molecular weight excluding hydrogens is 382 g/mol. The fourth-order valence-corrected chi connectivity index (χ4v) is 2.53. The highest BCUT2D eigenvalue weighted by molar-refractivity contribution is 6.38. The number of nitrogens with one attached hydrogen (secondary N) is 1. The van der Waals surface area contributed by atoms with Gasteiger partial charge < -0.3 is 4.74 Å². The monoisotopic (exact) mass is 390 g/mol. The van der Waals surface area contributed by atoms with Gasteiger partial charge in [0.05, 0.1) is 21.3 Å². The van der Waals surface area contributed by atoms with Crippen LogP contribution in [0.4, 0.5) is 0 Å². The lowest BCUT2D eigenvalue weighted by Crippen LogP contribution is -2.24. The molecule has 0 saturated heterocycles. The molecule has 2 aromatic carbocycles. The first kappa shape index (κ1) is 17.9. The van der Waals surface area contributed by atoms with Crippen LogP contribution < -0.4 is 10.2 Å². The van der Waals surface area contributed by atoms with Crippen molar-refractivity contribution in [1.29, 1.82) is 0 Å². The summed E-state index contributed by atoms with van der Waals surface area (Å²) in [5.74, 6) is -0.111. The Morgan fingerprint density at radius 1 is 1.09 bits per heavy atom. The van der Waals surface area contributed by atoms with E-state index in [0.717, 1.165) is 0 Å². The lowest BCUT2D eigenvalue weighted by atomic mass is 10.2. The van der Waals surface area contributed by atoms with Crippen molar-refractivity contribution < 1.29 is 9.53 Å². The summed E-state index contributed by atoms with van der Waals surface area (Å²) in [6.07, 6.45) is 1.36. The number of benzene rings is 2. The van der Waals surface area contributed by atoms with E-state index in [2.05, 4.69) is 10.5 Å². The van der Waals surface area contributed by atoms with Crippen LogP contribution in [0.25, 0.3) is 0 Å². The molecule has 1 amide bonds. The molecule has 0 fully saturated rings. The molecule has 2 rings (SSSR count). The van der Waals surface area contributed by atoms with Crippen LogP contribution in [-0.4, -0.2) is 18.7 Å². The minimum atomic E-state index is -0.463. The van der Waals surface area contributed by atoms with Crippen LogP contribution in [0.2, 0.25) is 20.1 Å². The highest BCUT2D eigenvalue weighted by atomic mass is 35.5. The van der Waals surface area contributed by atoms with Crippen molar-refractivity contribution in [1.82, 2.24) is 5.43 Å². The van der Waals surface area contributed by atoms with Crippen molar-refractivity contribution >= 4 is 58.5 Å². The van der Waals surface area contributed by atoms with Crippen molar-refractivity contribution in [2.45, 2.75) is 0 Å². The number of rotatable bonds is 5. The molecule has 4 nitrogen and oxygen atoms in total. The van der Waals surface area contributed by atoms with Gasteiger partial charge in [-0.2, -0.15) is 5.10 Å². The smallest absolute Gasteiger partial charge is 0.277 e. The largest absolute Gasteiger partial charge is 0.482 e. The number of hydrazone groups is 1. The van der Waals surface area contributed by atoms with Gasteiger partial charge in [0.2, 0.25) is 0 Å². The maximum Gasteiger partial charge on any atom is 0.277 e. The van der Waals surface area contributed by atoms with E-state index >= 15 is 0 Å². The maximum absolute atomic E-state index is 11.7. The van der Waals surface area contributed by atoms with Crippen molar-refractivity contribution in [3.8, 4) is 5.75 Å². The number of nitrogens with zero attached hydrogens (tertiary/aromatic N) is 1. The molecule has 0 aliphatic carbocycles. The second kappa shape index (κ2) is 8.41. The molecule has 2 aromatic rings. The zero-order valence-electron chi connectivity index (χ0n) is 11.5. The first-order chi connectivity index (χ1) is 11.0. The molecule has 0 aromatic heterocycles. The number of halogens is 4. The Hall–Kier alpha value is -1.46. The second-order valence-electron chi connectivity index (χ2n) is 4.29. The number of carbonyl (C=O) groups is 1. The summed E-state index contributed by atoms with van der Waals surface area (Å²) < 4.78 is 5.28. The Bertz CT molecular complexity index is 730. The van der Waals surface area contributed by atoms with Crippen molar-refractivity contribution in [2.24, 2.45) is 5.10 Å².